The van der Waals surface area contributed by atoms with E-state index in [1.165, 1.54) is 24.3 Å². The average molecular weight is 299 g/mol. The normalized spacial score (nSPS) is 17.5. The second kappa shape index (κ2) is 6.85. The van der Waals surface area contributed by atoms with Crippen LogP contribution in [-0.2, 0) is 0 Å². The Morgan fingerprint density at radius 3 is 2.71 bits per heavy atom. The zero-order chi connectivity index (χ0) is 15.3. The van der Waals surface area contributed by atoms with Gasteiger partial charge < -0.3 is 15.2 Å². The molecule has 1 aromatic rings. The molecular formula is C15H19F2NO3. The van der Waals surface area contributed by atoms with Gasteiger partial charge in [0, 0.05) is 12.1 Å². The molecule has 1 aliphatic rings. The first-order valence-electron chi connectivity index (χ1n) is 7.04. The summed E-state index contributed by atoms with van der Waals surface area (Å²) in [7, 11) is 0. The summed E-state index contributed by atoms with van der Waals surface area (Å²) >= 11 is 0. The van der Waals surface area contributed by atoms with Gasteiger partial charge in [0.2, 0.25) is 0 Å². The van der Waals surface area contributed by atoms with Crippen LogP contribution in [0.1, 0.15) is 42.5 Å². The minimum atomic E-state index is -2.92. The summed E-state index contributed by atoms with van der Waals surface area (Å²) in [4.78, 5) is 12.0. The number of rotatable bonds is 5. The summed E-state index contributed by atoms with van der Waals surface area (Å²) in [5.41, 5.74) is -0.627. The average Bonchev–Trinajstić information content (AvgIpc) is 2.45. The van der Waals surface area contributed by atoms with E-state index in [4.69, 9.17) is 0 Å². The Bertz CT molecular complexity index is 488. The van der Waals surface area contributed by atoms with Crippen LogP contribution in [0.15, 0.2) is 24.3 Å². The van der Waals surface area contributed by atoms with Crippen LogP contribution in [0.3, 0.4) is 0 Å². The number of alkyl halides is 2. The van der Waals surface area contributed by atoms with Crippen molar-refractivity contribution >= 4 is 5.91 Å². The highest BCUT2D eigenvalue weighted by Crippen LogP contribution is 2.27. The van der Waals surface area contributed by atoms with Crippen LogP contribution in [0.5, 0.6) is 5.75 Å². The molecule has 0 radical (unpaired) electrons. The van der Waals surface area contributed by atoms with Crippen molar-refractivity contribution in [2.75, 3.05) is 6.54 Å². The second-order valence-electron chi connectivity index (χ2n) is 5.37. The predicted octanol–water partition coefficient (Wildman–Crippen LogP) is 2.71. The SMILES string of the molecule is O=C(NCC1(O)CCCCC1)c1cccc(OC(F)F)c1. The second-order valence-corrected chi connectivity index (χ2v) is 5.37. The number of hydrogen-bond acceptors (Lipinski definition) is 3. The number of aliphatic hydroxyl groups is 1. The highest BCUT2D eigenvalue weighted by molar-refractivity contribution is 5.94. The van der Waals surface area contributed by atoms with Gasteiger partial charge in [0.05, 0.1) is 5.60 Å². The summed E-state index contributed by atoms with van der Waals surface area (Å²) in [5, 5.41) is 13.0. The molecule has 0 aliphatic heterocycles. The maximum absolute atomic E-state index is 12.1. The van der Waals surface area contributed by atoms with Gasteiger partial charge in [-0.3, -0.25) is 4.79 Å². The van der Waals surface area contributed by atoms with E-state index in [0.717, 1.165) is 19.3 Å². The van der Waals surface area contributed by atoms with E-state index in [1.54, 1.807) is 0 Å². The summed E-state index contributed by atoms with van der Waals surface area (Å²) in [6.07, 6.45) is 4.33. The molecule has 0 spiro atoms. The lowest BCUT2D eigenvalue weighted by Gasteiger charge is -2.32. The highest BCUT2D eigenvalue weighted by atomic mass is 19.3. The number of ether oxygens (including phenoxy) is 1. The highest BCUT2D eigenvalue weighted by Gasteiger charge is 2.29. The molecule has 2 N–H and O–H groups in total. The Kier molecular flexibility index (Phi) is 5.12. The molecule has 1 aliphatic carbocycles. The molecule has 1 fully saturated rings. The maximum atomic E-state index is 12.1. The van der Waals surface area contributed by atoms with E-state index in [-0.39, 0.29) is 17.9 Å². The van der Waals surface area contributed by atoms with Gasteiger partial charge in [-0.1, -0.05) is 25.3 Å². The minimum Gasteiger partial charge on any atom is -0.435 e. The fourth-order valence-corrected chi connectivity index (χ4v) is 2.55. The van der Waals surface area contributed by atoms with Crippen LogP contribution in [0, 0.1) is 0 Å². The molecule has 21 heavy (non-hydrogen) atoms. The monoisotopic (exact) mass is 299 g/mol. The van der Waals surface area contributed by atoms with Crippen molar-refractivity contribution in [1.29, 1.82) is 0 Å². The lowest BCUT2D eigenvalue weighted by Crippen LogP contribution is -2.44. The maximum Gasteiger partial charge on any atom is 0.387 e. The number of hydrogen-bond donors (Lipinski definition) is 2. The van der Waals surface area contributed by atoms with E-state index in [2.05, 4.69) is 10.1 Å². The number of carbonyl (C=O) groups is 1. The molecule has 2 rings (SSSR count). The zero-order valence-corrected chi connectivity index (χ0v) is 11.6. The van der Waals surface area contributed by atoms with E-state index in [1.807, 2.05) is 0 Å². The quantitative estimate of drug-likeness (QED) is 0.879. The van der Waals surface area contributed by atoms with Crippen molar-refractivity contribution in [3.8, 4) is 5.75 Å². The first-order chi connectivity index (χ1) is 9.98. The van der Waals surface area contributed by atoms with E-state index in [0.29, 0.717) is 12.8 Å². The van der Waals surface area contributed by atoms with Crippen LogP contribution in [-0.4, -0.2) is 29.8 Å². The van der Waals surface area contributed by atoms with Crippen molar-refractivity contribution in [1.82, 2.24) is 5.32 Å². The molecular weight excluding hydrogens is 280 g/mol. The molecule has 1 amide bonds. The molecule has 0 aromatic heterocycles. The lowest BCUT2D eigenvalue weighted by molar-refractivity contribution is -0.0498. The topological polar surface area (TPSA) is 58.6 Å². The van der Waals surface area contributed by atoms with Crippen molar-refractivity contribution in [3.05, 3.63) is 29.8 Å². The Labute approximate surface area is 122 Å². The molecule has 0 bridgehead atoms. The summed E-state index contributed by atoms with van der Waals surface area (Å²) in [6, 6.07) is 5.60. The van der Waals surface area contributed by atoms with Gasteiger partial charge in [-0.25, -0.2) is 0 Å². The van der Waals surface area contributed by atoms with Crippen molar-refractivity contribution < 1.29 is 23.4 Å². The third kappa shape index (κ3) is 4.67. The van der Waals surface area contributed by atoms with Crippen LogP contribution < -0.4 is 10.1 Å². The third-order valence-corrected chi connectivity index (χ3v) is 3.68. The number of benzene rings is 1. The zero-order valence-electron chi connectivity index (χ0n) is 11.6. The Hall–Kier alpha value is -1.69. The molecule has 1 saturated carbocycles. The van der Waals surface area contributed by atoms with Gasteiger partial charge in [0.1, 0.15) is 5.75 Å². The largest absolute Gasteiger partial charge is 0.435 e. The first kappa shape index (κ1) is 15.7. The third-order valence-electron chi connectivity index (χ3n) is 3.68. The van der Waals surface area contributed by atoms with E-state index >= 15 is 0 Å². The molecule has 1 aromatic carbocycles. The molecule has 0 saturated heterocycles. The van der Waals surface area contributed by atoms with Gasteiger partial charge in [-0.15, -0.1) is 0 Å². The fourth-order valence-electron chi connectivity index (χ4n) is 2.55. The van der Waals surface area contributed by atoms with Crippen LogP contribution in [0.25, 0.3) is 0 Å². The predicted molar refractivity (Wildman–Crippen MR) is 73.4 cm³/mol. The van der Waals surface area contributed by atoms with Crippen molar-refractivity contribution in [2.24, 2.45) is 0 Å². The van der Waals surface area contributed by atoms with Gasteiger partial charge in [0.25, 0.3) is 5.91 Å². The number of amides is 1. The van der Waals surface area contributed by atoms with Crippen LogP contribution in [0.2, 0.25) is 0 Å². The smallest absolute Gasteiger partial charge is 0.387 e. The van der Waals surface area contributed by atoms with Gasteiger partial charge >= 0.3 is 6.61 Å². The molecule has 0 heterocycles. The summed E-state index contributed by atoms with van der Waals surface area (Å²) < 4.78 is 28.5. The standard InChI is InChI=1S/C15H19F2NO3/c16-14(17)21-12-6-4-5-11(9-12)13(19)18-10-15(20)7-2-1-3-8-15/h4-6,9,14,20H,1-3,7-8,10H2,(H,18,19). The number of halogens is 2. The first-order valence-corrected chi connectivity index (χ1v) is 7.04. The number of carbonyl (C=O) groups excluding carboxylic acids is 1. The molecule has 0 unspecified atom stereocenters. The Balaban J connectivity index is 1.93. The van der Waals surface area contributed by atoms with Gasteiger partial charge in [-0.2, -0.15) is 8.78 Å². The number of nitrogens with one attached hydrogen (secondary N) is 1. The molecule has 116 valence electrons. The fraction of sp³-hybridized carbons (Fsp3) is 0.533. The van der Waals surface area contributed by atoms with Crippen LogP contribution in [0.4, 0.5) is 8.78 Å². The van der Waals surface area contributed by atoms with E-state index in [9.17, 15) is 18.7 Å². The van der Waals surface area contributed by atoms with Crippen LogP contribution >= 0.6 is 0 Å². The van der Waals surface area contributed by atoms with Gasteiger partial charge in [-0.05, 0) is 31.0 Å². The van der Waals surface area contributed by atoms with E-state index < -0.39 is 18.1 Å². The van der Waals surface area contributed by atoms with Gasteiger partial charge in [0.15, 0.2) is 0 Å². The molecule has 0 atom stereocenters. The van der Waals surface area contributed by atoms with Crippen molar-refractivity contribution in [3.63, 3.8) is 0 Å². The molecule has 6 heteroatoms. The van der Waals surface area contributed by atoms with Crippen molar-refractivity contribution in [2.45, 2.75) is 44.3 Å². The lowest BCUT2D eigenvalue weighted by atomic mass is 9.85. The summed E-state index contributed by atoms with van der Waals surface area (Å²) in [6.45, 7) is -2.75. The Morgan fingerprint density at radius 2 is 2.05 bits per heavy atom. The Morgan fingerprint density at radius 1 is 1.33 bits per heavy atom. The minimum absolute atomic E-state index is 0.0611. The molecule has 4 nitrogen and oxygen atoms in total. The summed E-state index contributed by atoms with van der Waals surface area (Å²) in [5.74, 6) is -0.470.